The van der Waals surface area contributed by atoms with Gasteiger partial charge in [0.15, 0.2) is 0 Å². The van der Waals surface area contributed by atoms with E-state index in [9.17, 15) is 4.79 Å². The highest BCUT2D eigenvalue weighted by molar-refractivity contribution is 6.68. The molecule has 0 saturated carbocycles. The molecule has 7 heteroatoms. The summed E-state index contributed by atoms with van der Waals surface area (Å²) in [7, 11) is 0. The lowest BCUT2D eigenvalue weighted by Gasteiger charge is -2.21. The molecule has 19 heavy (non-hydrogen) atoms. The number of carbonyl (C=O) groups is 1. The van der Waals surface area contributed by atoms with Crippen LogP contribution in [-0.4, -0.2) is 33.4 Å². The topological polar surface area (TPSA) is 69.1 Å². The molecular formula is C12H14Cl2N4O. The number of allylic oxidation sites excluding steroid dienone is 1. The van der Waals surface area contributed by atoms with Crippen molar-refractivity contribution in [1.82, 2.24) is 9.88 Å². The zero-order valence-electron chi connectivity index (χ0n) is 10.4. The highest BCUT2D eigenvalue weighted by atomic mass is 35.5. The first-order valence-electron chi connectivity index (χ1n) is 5.57. The van der Waals surface area contributed by atoms with Crippen LogP contribution in [0, 0.1) is 5.41 Å². The van der Waals surface area contributed by atoms with Gasteiger partial charge in [0.2, 0.25) is 5.91 Å². The van der Waals surface area contributed by atoms with Gasteiger partial charge in [-0.15, -0.1) is 11.6 Å². The van der Waals surface area contributed by atoms with Crippen molar-refractivity contribution in [3.05, 3.63) is 36.4 Å². The Balaban J connectivity index is 2.93. The highest BCUT2D eigenvalue weighted by Crippen LogP contribution is 2.12. The summed E-state index contributed by atoms with van der Waals surface area (Å²) in [5, 5.41) is 10.2. The average Bonchev–Trinajstić information content (AvgIpc) is 2.43. The Labute approximate surface area is 121 Å². The van der Waals surface area contributed by atoms with Gasteiger partial charge in [0.1, 0.15) is 11.1 Å². The third-order valence-corrected chi connectivity index (χ3v) is 2.71. The molecule has 0 unspecified atom stereocenters. The van der Waals surface area contributed by atoms with Crippen LogP contribution in [0.25, 0.3) is 0 Å². The van der Waals surface area contributed by atoms with Crippen LogP contribution >= 0.6 is 23.2 Å². The van der Waals surface area contributed by atoms with Crippen LogP contribution in [0.5, 0.6) is 0 Å². The number of aromatic nitrogens is 1. The molecular weight excluding hydrogens is 287 g/mol. The van der Waals surface area contributed by atoms with Gasteiger partial charge in [-0.2, -0.15) is 0 Å². The fourth-order valence-electron chi connectivity index (χ4n) is 1.41. The quantitative estimate of drug-likeness (QED) is 0.627. The maximum Gasteiger partial charge on any atom is 0.242 e. The maximum absolute atomic E-state index is 11.7. The summed E-state index contributed by atoms with van der Waals surface area (Å²) in [5.41, 5.74) is 0.992. The summed E-state index contributed by atoms with van der Waals surface area (Å²) in [6.45, 7) is 2.16. The van der Waals surface area contributed by atoms with Crippen LogP contribution in [0.3, 0.4) is 0 Å². The molecule has 0 spiro atoms. The molecule has 1 aromatic rings. The van der Waals surface area contributed by atoms with Crippen LogP contribution < -0.4 is 5.32 Å². The largest absolute Gasteiger partial charge is 0.358 e. The third kappa shape index (κ3) is 4.54. The van der Waals surface area contributed by atoms with Gasteiger partial charge in [-0.25, -0.2) is 0 Å². The van der Waals surface area contributed by atoms with Gasteiger partial charge in [0.25, 0.3) is 0 Å². The fourth-order valence-corrected chi connectivity index (χ4v) is 1.71. The van der Waals surface area contributed by atoms with Gasteiger partial charge >= 0.3 is 0 Å². The van der Waals surface area contributed by atoms with E-state index in [1.54, 1.807) is 31.5 Å². The first-order valence-corrected chi connectivity index (χ1v) is 6.48. The highest BCUT2D eigenvalue weighted by Gasteiger charge is 2.17. The van der Waals surface area contributed by atoms with E-state index in [0.717, 1.165) is 5.69 Å². The summed E-state index contributed by atoms with van der Waals surface area (Å²) < 4.78 is 0. The number of amides is 1. The molecule has 0 radical (unpaired) electrons. The zero-order chi connectivity index (χ0) is 14.3. The molecule has 0 aliphatic carbocycles. The number of pyridine rings is 1. The Hall–Kier alpha value is -1.59. The standard InChI is InChI=1S/C12H14Cl2N4O/c1-2-18(11(19)6-13)10(12(14)15)8-17-9-4-3-5-16-7-9/h3-5,7-8,15,17H,2,6H2,1H3/b10-8+,15-12?. The first kappa shape index (κ1) is 15.5. The Bertz CT molecular complexity index is 476. The number of halogens is 2. The van der Waals surface area contributed by atoms with Gasteiger partial charge in [0, 0.05) is 18.9 Å². The summed E-state index contributed by atoms with van der Waals surface area (Å²) in [6, 6.07) is 3.57. The van der Waals surface area contributed by atoms with Crippen molar-refractivity contribution < 1.29 is 4.79 Å². The molecule has 1 rings (SSSR count). The number of carbonyl (C=O) groups excluding carboxylic acids is 1. The van der Waals surface area contributed by atoms with Crippen LogP contribution in [0.2, 0.25) is 0 Å². The number of alkyl halides is 1. The van der Waals surface area contributed by atoms with Crippen molar-refractivity contribution >= 4 is 40.0 Å². The van der Waals surface area contributed by atoms with E-state index < -0.39 is 0 Å². The molecule has 1 aromatic heterocycles. The van der Waals surface area contributed by atoms with E-state index in [1.165, 1.54) is 11.1 Å². The van der Waals surface area contributed by atoms with Crippen molar-refractivity contribution in [3.8, 4) is 0 Å². The molecule has 1 heterocycles. The molecule has 0 aromatic carbocycles. The van der Waals surface area contributed by atoms with Crippen LogP contribution in [0.4, 0.5) is 5.69 Å². The summed E-state index contributed by atoms with van der Waals surface area (Å²) >= 11 is 11.2. The van der Waals surface area contributed by atoms with Gasteiger partial charge in [-0.05, 0) is 19.1 Å². The fraction of sp³-hybridized carbons (Fsp3) is 0.250. The minimum absolute atomic E-state index is 0.164. The van der Waals surface area contributed by atoms with Gasteiger partial charge in [-0.3, -0.25) is 15.2 Å². The first-order chi connectivity index (χ1) is 9.10. The van der Waals surface area contributed by atoms with Gasteiger partial charge in [0.05, 0.1) is 17.6 Å². The number of anilines is 1. The molecule has 0 fully saturated rings. The van der Waals surface area contributed by atoms with Crippen molar-refractivity contribution in [1.29, 1.82) is 5.41 Å². The second-order valence-electron chi connectivity index (χ2n) is 3.50. The predicted octanol–water partition coefficient (Wildman–Crippen LogP) is 2.64. The Kier molecular flexibility index (Phi) is 6.32. The van der Waals surface area contributed by atoms with Gasteiger partial charge < -0.3 is 10.2 Å². The minimum atomic E-state index is -0.311. The molecule has 5 nitrogen and oxygen atoms in total. The Morgan fingerprint density at radius 1 is 1.63 bits per heavy atom. The molecule has 1 amide bonds. The lowest BCUT2D eigenvalue weighted by Crippen LogP contribution is -2.33. The Morgan fingerprint density at radius 2 is 2.37 bits per heavy atom. The van der Waals surface area contributed by atoms with E-state index in [-0.39, 0.29) is 22.7 Å². The summed E-state index contributed by atoms with van der Waals surface area (Å²) in [6.07, 6.45) is 4.75. The van der Waals surface area contributed by atoms with E-state index in [2.05, 4.69) is 10.3 Å². The number of nitrogens with zero attached hydrogens (tertiary/aromatic N) is 2. The van der Waals surface area contributed by atoms with E-state index in [1.807, 2.05) is 0 Å². The smallest absolute Gasteiger partial charge is 0.242 e. The van der Waals surface area contributed by atoms with Crippen molar-refractivity contribution in [3.63, 3.8) is 0 Å². The predicted molar refractivity (Wildman–Crippen MR) is 77.6 cm³/mol. The number of hydrogen-bond donors (Lipinski definition) is 2. The van der Waals surface area contributed by atoms with Crippen molar-refractivity contribution in [2.24, 2.45) is 0 Å². The molecule has 2 N–H and O–H groups in total. The number of rotatable bonds is 6. The molecule has 0 aliphatic rings. The second-order valence-corrected chi connectivity index (χ2v) is 4.15. The second kappa shape index (κ2) is 7.76. The van der Waals surface area contributed by atoms with Gasteiger partial charge in [-0.1, -0.05) is 11.6 Å². The molecule has 0 bridgehead atoms. The van der Waals surface area contributed by atoms with E-state index >= 15 is 0 Å². The van der Waals surface area contributed by atoms with Crippen LogP contribution in [-0.2, 0) is 4.79 Å². The maximum atomic E-state index is 11.7. The van der Waals surface area contributed by atoms with E-state index in [4.69, 9.17) is 28.6 Å². The van der Waals surface area contributed by atoms with E-state index in [0.29, 0.717) is 6.54 Å². The lowest BCUT2D eigenvalue weighted by molar-refractivity contribution is -0.126. The Morgan fingerprint density at radius 3 is 2.84 bits per heavy atom. The summed E-state index contributed by atoms with van der Waals surface area (Å²) in [4.78, 5) is 16.9. The normalized spacial score (nSPS) is 11.0. The minimum Gasteiger partial charge on any atom is -0.358 e. The average molecular weight is 301 g/mol. The number of hydrogen-bond acceptors (Lipinski definition) is 4. The van der Waals surface area contributed by atoms with Crippen LogP contribution in [0.15, 0.2) is 36.4 Å². The number of nitrogens with one attached hydrogen (secondary N) is 2. The molecule has 0 atom stereocenters. The molecule has 102 valence electrons. The molecule has 0 aliphatic heterocycles. The lowest BCUT2D eigenvalue weighted by atomic mass is 10.3. The third-order valence-electron chi connectivity index (χ3n) is 2.28. The SMILES string of the molecule is CCN(C(=O)CCl)/C(=C/Nc1cccnc1)C(=N)Cl. The van der Waals surface area contributed by atoms with Crippen molar-refractivity contribution in [2.45, 2.75) is 6.92 Å². The van der Waals surface area contributed by atoms with Crippen LogP contribution in [0.1, 0.15) is 6.92 Å². The van der Waals surface area contributed by atoms with Crippen molar-refractivity contribution in [2.75, 3.05) is 17.7 Å². The monoisotopic (exact) mass is 300 g/mol. The summed E-state index contributed by atoms with van der Waals surface area (Å²) in [5.74, 6) is -0.476. The zero-order valence-corrected chi connectivity index (χ0v) is 11.9. The molecule has 0 saturated heterocycles.